The molecule has 130 valence electrons. The molecule has 1 amide bonds. The number of thiazole rings is 1. The largest absolute Gasteiger partial charge is 0.329 e. The van der Waals surface area contributed by atoms with Gasteiger partial charge in [-0.1, -0.05) is 13.8 Å². The molecule has 24 heavy (non-hydrogen) atoms. The number of hydrogen-bond acceptors (Lipinski definition) is 5. The molecule has 3 heterocycles. The van der Waals surface area contributed by atoms with Gasteiger partial charge in [0.25, 0.3) is 5.91 Å². The van der Waals surface area contributed by atoms with Gasteiger partial charge in [0.05, 0.1) is 23.3 Å². The molecule has 2 aromatic rings. The molecular formula is C17H25N5OS. The number of hydrogen-bond donors (Lipinski definition) is 0. The van der Waals surface area contributed by atoms with Crippen molar-refractivity contribution in [2.45, 2.75) is 39.8 Å². The topological polar surface area (TPSA) is 54.3 Å². The Balaban J connectivity index is 1.74. The summed E-state index contributed by atoms with van der Waals surface area (Å²) in [6.45, 7) is 10.7. The van der Waals surface area contributed by atoms with E-state index in [-0.39, 0.29) is 11.9 Å². The molecule has 1 atom stereocenters. The Labute approximate surface area is 147 Å². The van der Waals surface area contributed by atoms with Crippen LogP contribution in [0, 0.1) is 6.92 Å². The van der Waals surface area contributed by atoms with Gasteiger partial charge in [-0.2, -0.15) is 5.10 Å². The van der Waals surface area contributed by atoms with Crippen LogP contribution in [0.4, 0.5) is 0 Å². The molecule has 0 saturated heterocycles. The fraction of sp³-hybridized carbons (Fsp3) is 0.588. The molecular weight excluding hydrogens is 322 g/mol. The van der Waals surface area contributed by atoms with Gasteiger partial charge in [-0.25, -0.2) is 4.98 Å². The summed E-state index contributed by atoms with van der Waals surface area (Å²) in [6, 6.07) is 2.24. The van der Waals surface area contributed by atoms with Gasteiger partial charge in [0.15, 0.2) is 0 Å². The fourth-order valence-electron chi connectivity index (χ4n) is 3.25. The second-order valence-corrected chi connectivity index (χ2v) is 7.24. The summed E-state index contributed by atoms with van der Waals surface area (Å²) < 4.78 is 2.10. The minimum atomic E-state index is 0.0274. The van der Waals surface area contributed by atoms with Gasteiger partial charge in [-0.05, 0) is 32.5 Å². The van der Waals surface area contributed by atoms with Gasteiger partial charge in [-0.15, -0.1) is 11.3 Å². The maximum Gasteiger partial charge on any atom is 0.273 e. The number of fused-ring (bicyclic) bond motifs is 1. The lowest BCUT2D eigenvalue weighted by atomic mass is 10.1. The lowest BCUT2D eigenvalue weighted by Crippen LogP contribution is -2.42. The first-order valence-electron chi connectivity index (χ1n) is 8.58. The predicted octanol–water partition coefficient (Wildman–Crippen LogP) is 2.58. The zero-order valence-corrected chi connectivity index (χ0v) is 15.4. The summed E-state index contributed by atoms with van der Waals surface area (Å²) in [5.41, 5.74) is 1.67. The van der Waals surface area contributed by atoms with Crippen LogP contribution in [0.2, 0.25) is 0 Å². The van der Waals surface area contributed by atoms with Crippen LogP contribution in [0.15, 0.2) is 17.6 Å². The molecule has 1 aliphatic rings. The SMILES string of the molecule is CCN(CC)CCC1CN(C(=O)c2csc(C)n2)Cc2ccnn21. The maximum absolute atomic E-state index is 12.8. The van der Waals surface area contributed by atoms with Crippen molar-refractivity contribution in [1.82, 2.24) is 24.6 Å². The molecule has 2 aromatic heterocycles. The van der Waals surface area contributed by atoms with E-state index in [1.54, 1.807) is 0 Å². The molecule has 0 fully saturated rings. The number of aromatic nitrogens is 3. The van der Waals surface area contributed by atoms with Crippen LogP contribution in [0.25, 0.3) is 0 Å². The molecule has 0 radical (unpaired) electrons. The Morgan fingerprint density at radius 2 is 2.21 bits per heavy atom. The lowest BCUT2D eigenvalue weighted by molar-refractivity contribution is 0.0652. The molecule has 0 bridgehead atoms. The van der Waals surface area contributed by atoms with Crippen molar-refractivity contribution in [3.63, 3.8) is 0 Å². The number of rotatable bonds is 6. The van der Waals surface area contributed by atoms with Crippen molar-refractivity contribution in [3.8, 4) is 0 Å². The Bertz CT molecular complexity index is 691. The van der Waals surface area contributed by atoms with E-state index in [0.29, 0.717) is 18.8 Å². The van der Waals surface area contributed by atoms with E-state index < -0.39 is 0 Å². The molecule has 0 N–H and O–H groups in total. The van der Waals surface area contributed by atoms with Gasteiger partial charge >= 0.3 is 0 Å². The highest BCUT2D eigenvalue weighted by molar-refractivity contribution is 7.09. The molecule has 7 heteroatoms. The maximum atomic E-state index is 12.8. The number of amides is 1. The van der Waals surface area contributed by atoms with Gasteiger partial charge in [0.1, 0.15) is 5.69 Å². The third-order valence-electron chi connectivity index (χ3n) is 4.68. The molecule has 0 saturated carbocycles. The number of aryl methyl sites for hydroxylation is 1. The van der Waals surface area contributed by atoms with Crippen molar-refractivity contribution in [1.29, 1.82) is 0 Å². The normalized spacial score (nSPS) is 17.3. The second kappa shape index (κ2) is 7.44. The van der Waals surface area contributed by atoms with Crippen LogP contribution in [0.1, 0.15) is 47.5 Å². The molecule has 0 spiro atoms. The first-order chi connectivity index (χ1) is 11.6. The van der Waals surface area contributed by atoms with E-state index >= 15 is 0 Å². The summed E-state index contributed by atoms with van der Waals surface area (Å²) in [4.78, 5) is 21.4. The van der Waals surface area contributed by atoms with Crippen LogP contribution >= 0.6 is 11.3 Å². The van der Waals surface area contributed by atoms with Gasteiger partial charge in [0.2, 0.25) is 0 Å². The van der Waals surface area contributed by atoms with Crippen molar-refractivity contribution in [2.75, 3.05) is 26.2 Å². The van der Waals surface area contributed by atoms with E-state index in [9.17, 15) is 4.79 Å². The summed E-state index contributed by atoms with van der Waals surface area (Å²) >= 11 is 1.52. The van der Waals surface area contributed by atoms with Gasteiger partial charge in [0, 0.05) is 24.7 Å². The minimum absolute atomic E-state index is 0.0274. The Morgan fingerprint density at radius 3 is 2.88 bits per heavy atom. The zero-order valence-electron chi connectivity index (χ0n) is 14.6. The highest BCUT2D eigenvalue weighted by Crippen LogP contribution is 2.25. The van der Waals surface area contributed by atoms with E-state index in [1.165, 1.54) is 11.3 Å². The highest BCUT2D eigenvalue weighted by Gasteiger charge is 2.29. The van der Waals surface area contributed by atoms with E-state index in [2.05, 4.69) is 33.5 Å². The molecule has 0 aromatic carbocycles. The lowest BCUT2D eigenvalue weighted by Gasteiger charge is -2.34. The Hall–Kier alpha value is -1.73. The van der Waals surface area contributed by atoms with Crippen molar-refractivity contribution in [3.05, 3.63) is 34.0 Å². The first-order valence-corrected chi connectivity index (χ1v) is 9.46. The smallest absolute Gasteiger partial charge is 0.273 e. The predicted molar refractivity (Wildman–Crippen MR) is 95.3 cm³/mol. The molecule has 0 aliphatic carbocycles. The van der Waals surface area contributed by atoms with E-state index in [0.717, 1.165) is 36.8 Å². The summed E-state index contributed by atoms with van der Waals surface area (Å²) in [7, 11) is 0. The van der Waals surface area contributed by atoms with Crippen LogP contribution in [-0.4, -0.2) is 56.7 Å². The number of carbonyl (C=O) groups excluding carboxylic acids is 1. The average Bonchev–Trinajstić information content (AvgIpc) is 3.23. The Morgan fingerprint density at radius 1 is 1.42 bits per heavy atom. The van der Waals surface area contributed by atoms with E-state index in [1.807, 2.05) is 29.5 Å². The summed E-state index contributed by atoms with van der Waals surface area (Å²) in [5, 5.41) is 7.27. The number of nitrogens with zero attached hydrogens (tertiary/aromatic N) is 5. The molecule has 6 nitrogen and oxygen atoms in total. The number of carbonyl (C=O) groups is 1. The van der Waals surface area contributed by atoms with Crippen LogP contribution in [0.3, 0.4) is 0 Å². The molecule has 1 unspecified atom stereocenters. The monoisotopic (exact) mass is 347 g/mol. The third kappa shape index (κ3) is 3.52. The average molecular weight is 347 g/mol. The van der Waals surface area contributed by atoms with E-state index in [4.69, 9.17) is 0 Å². The molecule has 3 rings (SSSR count). The van der Waals surface area contributed by atoms with Gasteiger partial charge < -0.3 is 9.80 Å². The van der Waals surface area contributed by atoms with Crippen LogP contribution in [0.5, 0.6) is 0 Å². The van der Waals surface area contributed by atoms with Crippen molar-refractivity contribution >= 4 is 17.2 Å². The van der Waals surface area contributed by atoms with Crippen molar-refractivity contribution in [2.24, 2.45) is 0 Å². The van der Waals surface area contributed by atoms with Gasteiger partial charge in [-0.3, -0.25) is 9.48 Å². The van der Waals surface area contributed by atoms with Crippen molar-refractivity contribution < 1.29 is 4.79 Å². The summed E-state index contributed by atoms with van der Waals surface area (Å²) in [5.74, 6) is 0.0274. The fourth-order valence-corrected chi connectivity index (χ4v) is 3.84. The summed E-state index contributed by atoms with van der Waals surface area (Å²) in [6.07, 6.45) is 2.83. The Kier molecular flexibility index (Phi) is 5.30. The highest BCUT2D eigenvalue weighted by atomic mass is 32.1. The van der Waals surface area contributed by atoms with Crippen LogP contribution < -0.4 is 0 Å². The first kappa shape index (κ1) is 17.1. The van der Waals surface area contributed by atoms with Crippen LogP contribution in [-0.2, 0) is 6.54 Å². The minimum Gasteiger partial charge on any atom is -0.329 e. The molecule has 1 aliphatic heterocycles. The zero-order chi connectivity index (χ0) is 17.1. The standard InChI is InChI=1S/C17H25N5OS/c1-4-20(5-2)9-7-15-11-21(10-14-6-8-18-22(14)15)17(23)16-12-24-13(3)19-16/h6,8,12,15H,4-5,7,9-11H2,1-3H3. The second-order valence-electron chi connectivity index (χ2n) is 6.17. The third-order valence-corrected chi connectivity index (χ3v) is 5.45. The quantitative estimate of drug-likeness (QED) is 0.806.